The number of nitriles is 1. The standard InChI is InChI=1S/C32H30F2N4O4/c33-32(34)18-38(30(40)17-39)11-10-29(32)42-28-9-7-21(12-23(28)15-35)20-2-1-3-24(13-20)37-31(41)26-14-25(26)22-6-8-27(36-16-22)19-4-5-19/h1-3,6-9,12-13,16,19,25-26,29,39H,4-5,10-11,14,17-18H2,(H,37,41)/t25-,26+,29-/m0/s1. The molecule has 0 spiro atoms. The van der Waals surface area contributed by atoms with Crippen LogP contribution in [0.2, 0.25) is 0 Å². The normalized spacial score (nSPS) is 22.6. The van der Waals surface area contributed by atoms with E-state index in [0.29, 0.717) is 17.2 Å². The molecule has 0 radical (unpaired) electrons. The smallest absolute Gasteiger partial charge is 0.301 e. The van der Waals surface area contributed by atoms with E-state index in [9.17, 15) is 23.6 Å². The molecule has 8 nitrogen and oxygen atoms in total. The maximum atomic E-state index is 14.7. The van der Waals surface area contributed by atoms with Crippen molar-refractivity contribution >= 4 is 17.5 Å². The molecule has 42 heavy (non-hydrogen) atoms. The summed E-state index contributed by atoms with van der Waals surface area (Å²) >= 11 is 0. The summed E-state index contributed by atoms with van der Waals surface area (Å²) in [5.74, 6) is -3.50. The van der Waals surface area contributed by atoms with Crippen LogP contribution in [0.25, 0.3) is 11.1 Å². The van der Waals surface area contributed by atoms with Crippen molar-refractivity contribution in [2.24, 2.45) is 5.92 Å². The van der Waals surface area contributed by atoms with Gasteiger partial charge in [-0.05, 0) is 72.2 Å². The van der Waals surface area contributed by atoms with E-state index in [1.54, 1.807) is 30.3 Å². The van der Waals surface area contributed by atoms with Gasteiger partial charge in [0.15, 0.2) is 6.10 Å². The third-order valence-corrected chi connectivity index (χ3v) is 8.21. The molecule has 3 aromatic rings. The first-order valence-corrected chi connectivity index (χ1v) is 14.1. The van der Waals surface area contributed by atoms with Crippen LogP contribution in [0.1, 0.15) is 54.3 Å². The average Bonchev–Trinajstić information content (AvgIpc) is 3.92. The molecular weight excluding hydrogens is 542 g/mol. The number of anilines is 1. The van der Waals surface area contributed by atoms with Gasteiger partial charge >= 0.3 is 5.92 Å². The van der Waals surface area contributed by atoms with Crippen molar-refractivity contribution in [3.63, 3.8) is 0 Å². The minimum atomic E-state index is -3.35. The lowest BCUT2D eigenvalue weighted by Crippen LogP contribution is -2.55. The molecule has 1 aromatic heterocycles. The zero-order chi connectivity index (χ0) is 29.4. The molecule has 2 aromatic carbocycles. The van der Waals surface area contributed by atoms with Gasteiger partial charge in [0.05, 0.1) is 12.1 Å². The fourth-order valence-corrected chi connectivity index (χ4v) is 5.55. The molecule has 3 aliphatic rings. The van der Waals surface area contributed by atoms with Gasteiger partial charge in [0.1, 0.15) is 18.4 Å². The Morgan fingerprint density at radius 2 is 1.93 bits per heavy atom. The van der Waals surface area contributed by atoms with Crippen LogP contribution in [0.15, 0.2) is 60.8 Å². The number of nitrogens with one attached hydrogen (secondary N) is 1. The molecule has 2 amide bonds. The number of benzene rings is 2. The Labute approximate surface area is 241 Å². The molecule has 6 rings (SSSR count). The number of nitrogens with zero attached hydrogens (tertiary/aromatic N) is 3. The summed E-state index contributed by atoms with van der Waals surface area (Å²) < 4.78 is 35.1. The zero-order valence-electron chi connectivity index (χ0n) is 22.8. The molecular formula is C32H30F2N4O4. The van der Waals surface area contributed by atoms with Crippen LogP contribution in [0, 0.1) is 17.2 Å². The minimum Gasteiger partial charge on any atom is -0.483 e. The molecule has 2 saturated carbocycles. The van der Waals surface area contributed by atoms with Crippen molar-refractivity contribution in [1.29, 1.82) is 5.26 Å². The van der Waals surface area contributed by atoms with Gasteiger partial charge in [0, 0.05) is 42.4 Å². The van der Waals surface area contributed by atoms with Crippen molar-refractivity contribution in [3.05, 3.63) is 77.6 Å². The van der Waals surface area contributed by atoms with Gasteiger partial charge in [-0.25, -0.2) is 8.78 Å². The Bertz CT molecular complexity index is 1550. The number of hydrogen-bond acceptors (Lipinski definition) is 6. The molecule has 10 heteroatoms. The van der Waals surface area contributed by atoms with E-state index in [0.717, 1.165) is 28.1 Å². The number of ether oxygens (including phenoxy) is 1. The molecule has 2 heterocycles. The maximum absolute atomic E-state index is 14.7. The number of alkyl halides is 2. The highest BCUT2D eigenvalue weighted by Crippen LogP contribution is 2.48. The topological polar surface area (TPSA) is 116 Å². The minimum absolute atomic E-state index is 0.0172. The number of amides is 2. The Morgan fingerprint density at radius 3 is 2.62 bits per heavy atom. The summed E-state index contributed by atoms with van der Waals surface area (Å²) in [4.78, 5) is 30.1. The molecule has 2 aliphatic carbocycles. The van der Waals surface area contributed by atoms with Crippen LogP contribution in [0.3, 0.4) is 0 Å². The molecule has 1 aliphatic heterocycles. The first-order valence-electron chi connectivity index (χ1n) is 14.1. The summed E-state index contributed by atoms with van der Waals surface area (Å²) in [7, 11) is 0. The van der Waals surface area contributed by atoms with Crippen molar-refractivity contribution in [3.8, 4) is 22.9 Å². The van der Waals surface area contributed by atoms with Crippen LogP contribution in [0.5, 0.6) is 5.75 Å². The highest BCUT2D eigenvalue weighted by Gasteiger charge is 2.48. The number of carbonyl (C=O) groups is 2. The number of carbonyl (C=O) groups excluding carboxylic acids is 2. The van der Waals surface area contributed by atoms with Crippen LogP contribution >= 0.6 is 0 Å². The Balaban J connectivity index is 1.10. The third-order valence-electron chi connectivity index (χ3n) is 8.21. The highest BCUT2D eigenvalue weighted by molar-refractivity contribution is 5.95. The second-order valence-corrected chi connectivity index (χ2v) is 11.3. The molecule has 0 bridgehead atoms. The lowest BCUT2D eigenvalue weighted by Gasteiger charge is -2.38. The fraction of sp³-hybridized carbons (Fsp3) is 0.375. The quantitative estimate of drug-likeness (QED) is 0.399. The predicted octanol–water partition coefficient (Wildman–Crippen LogP) is 4.85. The molecule has 3 atom stereocenters. The third kappa shape index (κ3) is 5.83. The molecule has 1 saturated heterocycles. The van der Waals surface area contributed by atoms with Crippen molar-refractivity contribution in [2.45, 2.75) is 49.5 Å². The van der Waals surface area contributed by atoms with E-state index >= 15 is 0 Å². The van der Waals surface area contributed by atoms with Gasteiger partial charge in [-0.15, -0.1) is 0 Å². The number of rotatable bonds is 8. The van der Waals surface area contributed by atoms with Crippen LogP contribution in [0.4, 0.5) is 14.5 Å². The molecule has 0 unspecified atom stereocenters. The van der Waals surface area contributed by atoms with Gasteiger partial charge in [-0.2, -0.15) is 5.26 Å². The number of pyridine rings is 1. The largest absolute Gasteiger partial charge is 0.483 e. The van der Waals surface area contributed by atoms with Crippen LogP contribution < -0.4 is 10.1 Å². The first kappa shape index (κ1) is 27.8. The molecule has 216 valence electrons. The number of hydrogen-bond donors (Lipinski definition) is 2. The Kier molecular flexibility index (Phi) is 7.37. The van der Waals surface area contributed by atoms with Gasteiger partial charge in [0.25, 0.3) is 0 Å². The number of aliphatic hydroxyl groups excluding tert-OH is 1. The van der Waals surface area contributed by atoms with Crippen molar-refractivity contribution in [2.75, 3.05) is 25.0 Å². The molecule has 3 fully saturated rings. The summed E-state index contributed by atoms with van der Waals surface area (Å²) in [6.07, 6.45) is 3.41. The Hall–Kier alpha value is -4.36. The molecule has 2 N–H and O–H groups in total. The number of aliphatic hydroxyl groups is 1. The second kappa shape index (κ2) is 11.1. The van der Waals surface area contributed by atoms with Gasteiger partial charge in [0.2, 0.25) is 11.8 Å². The van der Waals surface area contributed by atoms with E-state index < -0.39 is 31.1 Å². The summed E-state index contributed by atoms with van der Waals surface area (Å²) in [5.41, 5.74) is 4.33. The highest BCUT2D eigenvalue weighted by atomic mass is 19.3. The number of aromatic nitrogens is 1. The number of halogens is 2. The number of piperidine rings is 1. The summed E-state index contributed by atoms with van der Waals surface area (Å²) in [5, 5.41) is 21.7. The number of likely N-dealkylation sites (tertiary alicyclic amines) is 1. The monoisotopic (exact) mass is 572 g/mol. The van der Waals surface area contributed by atoms with Crippen LogP contribution in [-0.2, 0) is 9.59 Å². The van der Waals surface area contributed by atoms with E-state index in [-0.39, 0.29) is 42.0 Å². The van der Waals surface area contributed by atoms with Crippen LogP contribution in [-0.4, -0.2) is 58.5 Å². The SMILES string of the molecule is N#Cc1cc(-c2cccc(NC(=O)[C@@H]3C[C@H]3c3ccc(C4CC4)nc3)c2)ccc1O[C@H]1CCN(C(=O)CO)CC1(F)F. The lowest BCUT2D eigenvalue weighted by molar-refractivity contribution is -0.161. The predicted molar refractivity (Wildman–Crippen MR) is 150 cm³/mol. The first-order chi connectivity index (χ1) is 20.3. The second-order valence-electron chi connectivity index (χ2n) is 11.3. The lowest BCUT2D eigenvalue weighted by atomic mass is 10.0. The zero-order valence-corrected chi connectivity index (χ0v) is 22.8. The fourth-order valence-electron chi connectivity index (χ4n) is 5.55. The summed E-state index contributed by atoms with van der Waals surface area (Å²) in [6.45, 7) is -1.68. The van der Waals surface area contributed by atoms with Crippen molar-refractivity contribution < 1.29 is 28.2 Å². The van der Waals surface area contributed by atoms with Crippen molar-refractivity contribution in [1.82, 2.24) is 9.88 Å². The maximum Gasteiger partial charge on any atom is 0.301 e. The summed E-state index contributed by atoms with van der Waals surface area (Å²) in [6, 6.07) is 18.1. The van der Waals surface area contributed by atoms with E-state index in [4.69, 9.17) is 9.84 Å². The average molecular weight is 573 g/mol. The van der Waals surface area contributed by atoms with E-state index in [1.165, 1.54) is 18.9 Å². The van der Waals surface area contributed by atoms with E-state index in [1.807, 2.05) is 18.3 Å². The van der Waals surface area contributed by atoms with Gasteiger partial charge in [-0.3, -0.25) is 14.6 Å². The van der Waals surface area contributed by atoms with Gasteiger partial charge < -0.3 is 20.1 Å². The Morgan fingerprint density at radius 1 is 1.12 bits per heavy atom. The van der Waals surface area contributed by atoms with E-state index in [2.05, 4.69) is 22.4 Å². The van der Waals surface area contributed by atoms with Gasteiger partial charge in [-0.1, -0.05) is 24.3 Å².